The first-order valence-electron chi connectivity index (χ1n) is 12.3. The van der Waals surface area contributed by atoms with Crippen molar-refractivity contribution >= 4 is 17.6 Å². The van der Waals surface area contributed by atoms with Crippen molar-refractivity contribution in [2.24, 2.45) is 0 Å². The molecular formula is C28H32F3N3O5. The Labute approximate surface area is 225 Å². The first-order valence-corrected chi connectivity index (χ1v) is 12.3. The van der Waals surface area contributed by atoms with Crippen LogP contribution < -0.4 is 14.8 Å². The maximum Gasteiger partial charge on any atom is 0.418 e. The van der Waals surface area contributed by atoms with Gasteiger partial charge in [0, 0.05) is 12.6 Å². The van der Waals surface area contributed by atoms with Crippen molar-refractivity contribution in [3.8, 4) is 11.5 Å². The van der Waals surface area contributed by atoms with Crippen LogP contribution in [0.4, 0.5) is 23.7 Å². The molecule has 0 saturated carbocycles. The van der Waals surface area contributed by atoms with Crippen molar-refractivity contribution in [2.75, 3.05) is 32.6 Å². The van der Waals surface area contributed by atoms with Gasteiger partial charge in [-0.05, 0) is 62.2 Å². The largest absolute Gasteiger partial charge is 0.493 e. The molecule has 39 heavy (non-hydrogen) atoms. The SMILES string of the molecule is COc1ccc(CCN(Cc2ccco2)C(=O)CN(C(=O)Nc2ccccc2C(F)(F)F)C(C)C)cc1OC. The molecule has 0 saturated heterocycles. The summed E-state index contributed by atoms with van der Waals surface area (Å²) in [5, 5.41) is 2.32. The molecule has 0 aliphatic rings. The molecule has 210 valence electrons. The zero-order valence-electron chi connectivity index (χ0n) is 22.2. The van der Waals surface area contributed by atoms with E-state index in [0.29, 0.717) is 30.2 Å². The normalized spacial score (nSPS) is 11.3. The minimum atomic E-state index is -4.65. The van der Waals surface area contributed by atoms with Gasteiger partial charge < -0.3 is 29.0 Å². The van der Waals surface area contributed by atoms with Gasteiger partial charge in [-0.3, -0.25) is 4.79 Å². The smallest absolute Gasteiger partial charge is 0.418 e. The molecule has 2 aromatic carbocycles. The van der Waals surface area contributed by atoms with E-state index in [4.69, 9.17) is 13.9 Å². The summed E-state index contributed by atoms with van der Waals surface area (Å²) in [5.41, 5.74) is -0.455. The molecule has 11 heteroatoms. The standard InChI is InChI=1S/C28H32F3N3O5/c1-19(2)34(27(36)32-23-10-6-5-9-22(23)28(29,30)31)18-26(35)33(17-21-8-7-15-39-21)14-13-20-11-12-24(37-3)25(16-20)38-4/h5-12,15-16,19H,13-14,17-18H2,1-4H3,(H,32,36). The minimum absolute atomic E-state index is 0.156. The Kier molecular flexibility index (Phi) is 9.86. The minimum Gasteiger partial charge on any atom is -0.493 e. The van der Waals surface area contributed by atoms with Crippen LogP contribution in [0.15, 0.2) is 65.3 Å². The lowest BCUT2D eigenvalue weighted by atomic mass is 10.1. The number of amides is 3. The van der Waals surface area contributed by atoms with Crippen molar-refractivity contribution < 1.29 is 36.7 Å². The maximum absolute atomic E-state index is 13.5. The number of anilines is 1. The van der Waals surface area contributed by atoms with E-state index in [1.54, 1.807) is 44.1 Å². The number of halogens is 3. The molecule has 1 aromatic heterocycles. The van der Waals surface area contributed by atoms with Gasteiger partial charge in [-0.1, -0.05) is 18.2 Å². The van der Waals surface area contributed by atoms with E-state index < -0.39 is 23.8 Å². The van der Waals surface area contributed by atoms with E-state index in [0.717, 1.165) is 11.6 Å². The number of nitrogens with zero attached hydrogens (tertiary/aromatic N) is 2. The third-order valence-electron chi connectivity index (χ3n) is 6.06. The molecule has 3 aromatic rings. The molecule has 0 radical (unpaired) electrons. The summed E-state index contributed by atoms with van der Waals surface area (Å²) in [7, 11) is 3.08. The van der Waals surface area contributed by atoms with Crippen LogP contribution >= 0.6 is 0 Å². The van der Waals surface area contributed by atoms with Crippen LogP contribution in [0.1, 0.15) is 30.7 Å². The number of hydrogen-bond donors (Lipinski definition) is 1. The Hall–Kier alpha value is -4.15. The number of carbonyl (C=O) groups is 2. The van der Waals surface area contributed by atoms with Gasteiger partial charge in [0.15, 0.2) is 11.5 Å². The quantitative estimate of drug-likeness (QED) is 0.327. The van der Waals surface area contributed by atoms with Gasteiger partial charge >= 0.3 is 12.2 Å². The number of benzene rings is 2. The van der Waals surface area contributed by atoms with Gasteiger partial charge in [-0.25, -0.2) is 4.79 Å². The summed E-state index contributed by atoms with van der Waals surface area (Å²) in [5.74, 6) is 1.30. The van der Waals surface area contributed by atoms with Crippen LogP contribution in [0, 0.1) is 0 Å². The fraction of sp³-hybridized carbons (Fsp3) is 0.357. The summed E-state index contributed by atoms with van der Waals surface area (Å²) >= 11 is 0. The Morgan fingerprint density at radius 3 is 2.33 bits per heavy atom. The summed E-state index contributed by atoms with van der Waals surface area (Å²) in [6.07, 6.45) is -2.68. The van der Waals surface area contributed by atoms with E-state index in [2.05, 4.69) is 5.32 Å². The molecule has 0 aliphatic heterocycles. The van der Waals surface area contributed by atoms with Gasteiger partial charge in [0.25, 0.3) is 0 Å². The van der Waals surface area contributed by atoms with E-state index in [-0.39, 0.29) is 24.7 Å². The molecular weight excluding hydrogens is 515 g/mol. The molecule has 0 bridgehead atoms. The third kappa shape index (κ3) is 7.92. The first-order chi connectivity index (χ1) is 18.5. The van der Waals surface area contributed by atoms with Crippen molar-refractivity contribution in [1.82, 2.24) is 9.80 Å². The second-order valence-corrected chi connectivity index (χ2v) is 9.03. The number of ether oxygens (including phenoxy) is 2. The zero-order chi connectivity index (χ0) is 28.6. The van der Waals surface area contributed by atoms with Gasteiger partial charge in [-0.2, -0.15) is 13.2 Å². The highest BCUT2D eigenvalue weighted by Crippen LogP contribution is 2.34. The summed E-state index contributed by atoms with van der Waals surface area (Å²) in [6.45, 7) is 3.47. The van der Waals surface area contributed by atoms with Gasteiger partial charge in [0.2, 0.25) is 5.91 Å². The Morgan fingerprint density at radius 1 is 1.00 bits per heavy atom. The van der Waals surface area contributed by atoms with E-state index >= 15 is 0 Å². The van der Waals surface area contributed by atoms with E-state index in [1.165, 1.54) is 36.5 Å². The molecule has 0 spiro atoms. The van der Waals surface area contributed by atoms with Crippen molar-refractivity contribution in [2.45, 2.75) is 39.0 Å². The molecule has 3 amide bonds. The second kappa shape index (κ2) is 13.1. The van der Waals surface area contributed by atoms with E-state index in [1.807, 2.05) is 12.1 Å². The number of carbonyl (C=O) groups excluding carboxylic acids is 2. The number of furan rings is 1. The molecule has 0 fully saturated rings. The number of nitrogens with one attached hydrogen (secondary N) is 1. The predicted molar refractivity (Wildman–Crippen MR) is 140 cm³/mol. The second-order valence-electron chi connectivity index (χ2n) is 9.03. The highest BCUT2D eigenvalue weighted by atomic mass is 19.4. The lowest BCUT2D eigenvalue weighted by molar-refractivity contribution is -0.137. The lowest BCUT2D eigenvalue weighted by Gasteiger charge is -2.30. The fourth-order valence-corrected chi connectivity index (χ4v) is 3.94. The topological polar surface area (TPSA) is 84.2 Å². The van der Waals surface area contributed by atoms with Crippen LogP contribution in [-0.4, -0.2) is 55.1 Å². The lowest BCUT2D eigenvalue weighted by Crippen LogP contribution is -2.47. The van der Waals surface area contributed by atoms with Gasteiger partial charge in [0.05, 0.1) is 38.3 Å². The fourth-order valence-electron chi connectivity index (χ4n) is 3.94. The molecule has 1 heterocycles. The highest BCUT2D eigenvalue weighted by Gasteiger charge is 2.34. The molecule has 0 aliphatic carbocycles. The van der Waals surface area contributed by atoms with Gasteiger partial charge in [-0.15, -0.1) is 0 Å². The van der Waals surface area contributed by atoms with Crippen LogP contribution in [0.3, 0.4) is 0 Å². The van der Waals surface area contributed by atoms with Crippen LogP contribution in [-0.2, 0) is 23.9 Å². The van der Waals surface area contributed by atoms with Crippen molar-refractivity contribution in [3.05, 3.63) is 77.7 Å². The molecule has 0 unspecified atom stereocenters. The average molecular weight is 548 g/mol. The predicted octanol–water partition coefficient (Wildman–Crippen LogP) is 5.83. The third-order valence-corrected chi connectivity index (χ3v) is 6.06. The number of hydrogen-bond acceptors (Lipinski definition) is 5. The highest BCUT2D eigenvalue weighted by molar-refractivity contribution is 5.93. The molecule has 0 atom stereocenters. The van der Waals surface area contributed by atoms with Crippen molar-refractivity contribution in [3.63, 3.8) is 0 Å². The molecule has 3 rings (SSSR count). The number of urea groups is 1. The van der Waals surface area contributed by atoms with Crippen LogP contribution in [0.25, 0.3) is 0 Å². The number of methoxy groups -OCH3 is 2. The summed E-state index contributed by atoms with van der Waals surface area (Å²) in [6, 6.07) is 12.3. The summed E-state index contributed by atoms with van der Waals surface area (Å²) in [4.78, 5) is 29.2. The molecule has 1 N–H and O–H groups in total. The average Bonchev–Trinajstić information content (AvgIpc) is 3.42. The Balaban J connectivity index is 1.77. The Bertz CT molecular complexity index is 1250. The van der Waals surface area contributed by atoms with Crippen LogP contribution in [0.5, 0.6) is 11.5 Å². The van der Waals surface area contributed by atoms with Crippen LogP contribution in [0.2, 0.25) is 0 Å². The number of rotatable bonds is 11. The number of alkyl halides is 3. The summed E-state index contributed by atoms with van der Waals surface area (Å²) < 4.78 is 56.3. The van der Waals surface area contributed by atoms with E-state index in [9.17, 15) is 22.8 Å². The zero-order valence-corrected chi connectivity index (χ0v) is 22.2. The van der Waals surface area contributed by atoms with Crippen molar-refractivity contribution in [1.29, 1.82) is 0 Å². The number of para-hydroxylation sites is 1. The van der Waals surface area contributed by atoms with Gasteiger partial charge in [0.1, 0.15) is 12.3 Å². The first kappa shape index (κ1) is 29.4. The monoisotopic (exact) mass is 547 g/mol. The maximum atomic E-state index is 13.5. The Morgan fingerprint density at radius 2 is 1.72 bits per heavy atom. The molecule has 8 nitrogen and oxygen atoms in total.